The molecule has 9 heteroatoms. The van der Waals surface area contributed by atoms with E-state index in [2.05, 4.69) is 15.7 Å². The van der Waals surface area contributed by atoms with Gasteiger partial charge >= 0.3 is 12.0 Å². The molecule has 2 N–H and O–H groups in total. The largest absolute Gasteiger partial charge is 0.497 e. The van der Waals surface area contributed by atoms with Gasteiger partial charge in [-0.1, -0.05) is 0 Å². The van der Waals surface area contributed by atoms with E-state index in [1.807, 2.05) is 0 Å². The summed E-state index contributed by atoms with van der Waals surface area (Å²) < 4.78 is 17.0. The van der Waals surface area contributed by atoms with Gasteiger partial charge in [-0.25, -0.2) is 14.1 Å². The fraction of sp³-hybridized carbons (Fsp3) is 0.211. The lowest BCUT2D eigenvalue weighted by Gasteiger charge is -2.12. The van der Waals surface area contributed by atoms with E-state index in [1.54, 1.807) is 50.6 Å². The molecule has 0 aliphatic rings. The average molecular weight is 384 g/mol. The minimum atomic E-state index is -0.470. The van der Waals surface area contributed by atoms with Gasteiger partial charge in [0.1, 0.15) is 17.1 Å². The van der Waals surface area contributed by atoms with Crippen LogP contribution < -0.4 is 20.1 Å². The molecule has 3 aromatic rings. The summed E-state index contributed by atoms with van der Waals surface area (Å²) in [4.78, 5) is 24.4. The summed E-state index contributed by atoms with van der Waals surface area (Å²) in [5.74, 6) is 0.605. The number of ether oxygens (including phenoxy) is 3. The molecule has 2 amide bonds. The Hall–Kier alpha value is -3.75. The van der Waals surface area contributed by atoms with Gasteiger partial charge < -0.3 is 24.8 Å². The van der Waals surface area contributed by atoms with Gasteiger partial charge in [-0.05, 0) is 31.2 Å². The number of nitrogens with zero attached hydrogens (tertiary/aromatic N) is 2. The molecule has 0 saturated heterocycles. The predicted octanol–water partition coefficient (Wildman–Crippen LogP) is 3.17. The van der Waals surface area contributed by atoms with Crippen molar-refractivity contribution in [2.24, 2.45) is 0 Å². The molecule has 146 valence electrons. The molecule has 2 heterocycles. The van der Waals surface area contributed by atoms with Crippen LogP contribution in [0, 0.1) is 0 Å². The molecule has 3 rings (SSSR count). The Morgan fingerprint density at radius 3 is 2.64 bits per heavy atom. The smallest absolute Gasteiger partial charge is 0.341 e. The van der Waals surface area contributed by atoms with Crippen LogP contribution in [0.3, 0.4) is 0 Å². The molecule has 0 atom stereocenters. The third kappa shape index (κ3) is 3.98. The number of carbonyl (C=O) groups excluding carboxylic acids is 2. The number of methoxy groups -OCH3 is 2. The Morgan fingerprint density at radius 1 is 1.11 bits per heavy atom. The van der Waals surface area contributed by atoms with Gasteiger partial charge in [0.05, 0.1) is 38.2 Å². The van der Waals surface area contributed by atoms with Gasteiger partial charge in [-0.2, -0.15) is 5.10 Å². The predicted molar refractivity (Wildman–Crippen MR) is 103 cm³/mol. The number of benzene rings is 1. The van der Waals surface area contributed by atoms with Gasteiger partial charge in [0, 0.05) is 18.0 Å². The van der Waals surface area contributed by atoms with Crippen LogP contribution >= 0.6 is 0 Å². The Bertz CT molecular complexity index is 1010. The number of hydrogen-bond donors (Lipinski definition) is 2. The Morgan fingerprint density at radius 2 is 1.93 bits per heavy atom. The number of amides is 2. The lowest BCUT2D eigenvalue weighted by molar-refractivity contribution is 0.0528. The molecule has 0 aliphatic heterocycles. The third-order valence-corrected chi connectivity index (χ3v) is 3.93. The number of pyridine rings is 1. The first-order valence-electron chi connectivity index (χ1n) is 8.50. The Balaban J connectivity index is 1.78. The van der Waals surface area contributed by atoms with Crippen LogP contribution in [0.2, 0.25) is 0 Å². The van der Waals surface area contributed by atoms with E-state index >= 15 is 0 Å². The van der Waals surface area contributed by atoms with Crippen molar-refractivity contribution in [1.82, 2.24) is 9.61 Å². The zero-order valence-electron chi connectivity index (χ0n) is 15.7. The van der Waals surface area contributed by atoms with Crippen LogP contribution in [0.1, 0.15) is 17.3 Å². The maximum absolute atomic E-state index is 12.4. The number of anilines is 2. The normalized spacial score (nSPS) is 10.4. The van der Waals surface area contributed by atoms with Crippen molar-refractivity contribution in [1.29, 1.82) is 0 Å². The summed E-state index contributed by atoms with van der Waals surface area (Å²) in [6.45, 7) is 1.99. The molecule has 0 unspecified atom stereocenters. The van der Waals surface area contributed by atoms with E-state index in [1.165, 1.54) is 17.8 Å². The molecule has 2 aromatic heterocycles. The standard InChI is InChI=1S/C19H20N4O5/c1-4-28-18(24)14-11-20-23-8-7-12(9-16(14)23)21-19(25)22-15-6-5-13(26-2)10-17(15)27-3/h5-11H,4H2,1-3H3,(H2,21,22,25). The van der Waals surface area contributed by atoms with E-state index in [0.717, 1.165) is 0 Å². The van der Waals surface area contributed by atoms with Crippen LogP contribution in [0.15, 0.2) is 42.7 Å². The van der Waals surface area contributed by atoms with Crippen LogP contribution in [0.25, 0.3) is 5.52 Å². The first kappa shape index (κ1) is 19.0. The number of carbonyl (C=O) groups is 2. The average Bonchev–Trinajstić information content (AvgIpc) is 3.11. The topological polar surface area (TPSA) is 103 Å². The number of rotatable bonds is 6. The monoisotopic (exact) mass is 384 g/mol. The van der Waals surface area contributed by atoms with Crippen LogP contribution in [-0.2, 0) is 4.74 Å². The molecular weight excluding hydrogens is 364 g/mol. The second-order valence-corrected chi connectivity index (χ2v) is 5.67. The van der Waals surface area contributed by atoms with Gasteiger partial charge in [0.25, 0.3) is 0 Å². The third-order valence-electron chi connectivity index (χ3n) is 3.93. The first-order valence-corrected chi connectivity index (χ1v) is 8.50. The van der Waals surface area contributed by atoms with Crippen LogP contribution in [0.4, 0.5) is 16.2 Å². The number of nitrogens with one attached hydrogen (secondary N) is 2. The summed E-state index contributed by atoms with van der Waals surface area (Å²) in [6, 6.07) is 7.90. The highest BCUT2D eigenvalue weighted by Gasteiger charge is 2.15. The fourth-order valence-corrected chi connectivity index (χ4v) is 2.61. The number of esters is 1. The summed E-state index contributed by atoms with van der Waals surface area (Å²) in [5, 5.41) is 9.54. The molecule has 1 aromatic carbocycles. The minimum Gasteiger partial charge on any atom is -0.497 e. The zero-order valence-corrected chi connectivity index (χ0v) is 15.7. The molecule has 28 heavy (non-hydrogen) atoms. The molecule has 0 spiro atoms. The van der Waals surface area contributed by atoms with E-state index < -0.39 is 12.0 Å². The molecule has 9 nitrogen and oxygen atoms in total. The van der Waals surface area contributed by atoms with E-state index in [-0.39, 0.29) is 6.61 Å². The molecule has 0 saturated carbocycles. The molecule has 0 fully saturated rings. The Kier molecular flexibility index (Phi) is 5.64. The zero-order chi connectivity index (χ0) is 20.1. The number of aromatic nitrogens is 2. The van der Waals surface area contributed by atoms with Crippen molar-refractivity contribution in [3.63, 3.8) is 0 Å². The highest BCUT2D eigenvalue weighted by atomic mass is 16.5. The van der Waals surface area contributed by atoms with Crippen molar-refractivity contribution < 1.29 is 23.8 Å². The Labute approximate surface area is 161 Å². The second-order valence-electron chi connectivity index (χ2n) is 5.67. The fourth-order valence-electron chi connectivity index (χ4n) is 2.61. The van der Waals surface area contributed by atoms with Crippen LogP contribution in [0.5, 0.6) is 11.5 Å². The summed E-state index contributed by atoms with van der Waals surface area (Å²) in [6.07, 6.45) is 3.07. The van der Waals surface area contributed by atoms with Crippen molar-refractivity contribution in [3.8, 4) is 11.5 Å². The lowest BCUT2D eigenvalue weighted by Crippen LogP contribution is -2.20. The highest BCUT2D eigenvalue weighted by Crippen LogP contribution is 2.29. The SMILES string of the molecule is CCOC(=O)c1cnn2ccc(NC(=O)Nc3ccc(OC)cc3OC)cc12. The van der Waals surface area contributed by atoms with Gasteiger partial charge in [-0.3, -0.25) is 0 Å². The van der Waals surface area contributed by atoms with Crippen molar-refractivity contribution >= 4 is 28.9 Å². The number of hydrogen-bond acceptors (Lipinski definition) is 6. The summed E-state index contributed by atoms with van der Waals surface area (Å²) >= 11 is 0. The van der Waals surface area contributed by atoms with Gasteiger partial charge in [-0.15, -0.1) is 0 Å². The van der Waals surface area contributed by atoms with Crippen molar-refractivity contribution in [2.75, 3.05) is 31.5 Å². The van der Waals surface area contributed by atoms with E-state index in [9.17, 15) is 9.59 Å². The first-order chi connectivity index (χ1) is 13.5. The second kappa shape index (κ2) is 8.30. The molecular formula is C19H20N4O5. The number of fused-ring (bicyclic) bond motifs is 1. The molecule has 0 radical (unpaired) electrons. The molecule has 0 bridgehead atoms. The van der Waals surface area contributed by atoms with Gasteiger partial charge in [0.2, 0.25) is 0 Å². The van der Waals surface area contributed by atoms with Gasteiger partial charge in [0.15, 0.2) is 0 Å². The summed E-state index contributed by atoms with van der Waals surface area (Å²) in [7, 11) is 3.05. The maximum Gasteiger partial charge on any atom is 0.341 e. The number of urea groups is 1. The van der Waals surface area contributed by atoms with Crippen molar-refractivity contribution in [2.45, 2.75) is 6.92 Å². The van der Waals surface area contributed by atoms with Crippen molar-refractivity contribution in [3.05, 3.63) is 48.3 Å². The minimum absolute atomic E-state index is 0.264. The quantitative estimate of drug-likeness (QED) is 0.633. The lowest BCUT2D eigenvalue weighted by atomic mass is 10.2. The van der Waals surface area contributed by atoms with E-state index in [0.29, 0.717) is 34.0 Å². The highest BCUT2D eigenvalue weighted by molar-refractivity contribution is 6.02. The van der Waals surface area contributed by atoms with Crippen LogP contribution in [-0.4, -0.2) is 42.4 Å². The molecule has 0 aliphatic carbocycles. The maximum atomic E-state index is 12.4. The summed E-state index contributed by atoms with van der Waals surface area (Å²) in [5.41, 5.74) is 1.82. The van der Waals surface area contributed by atoms with E-state index in [4.69, 9.17) is 14.2 Å².